The lowest BCUT2D eigenvalue weighted by molar-refractivity contribution is -0.153. The summed E-state index contributed by atoms with van der Waals surface area (Å²) >= 11 is 1.81. The third-order valence-corrected chi connectivity index (χ3v) is 5.84. The van der Waals surface area contributed by atoms with Gasteiger partial charge in [-0.1, -0.05) is 44.2 Å². The monoisotopic (exact) mass is 407 g/mol. The van der Waals surface area contributed by atoms with Gasteiger partial charge in [0.1, 0.15) is 12.2 Å². The standard InChI is InChI=1S/C22H33NO4S/c1-16(2)28-15-18-13-23(21(25)27-22(3,4)5)12-11-19(18)20(24)26-14-17-9-7-6-8-10-17/h6-10,16,18-19H,11-15H2,1-5H3/t18-,19+/m1/s1. The van der Waals surface area contributed by atoms with Crippen molar-refractivity contribution in [3.63, 3.8) is 0 Å². The van der Waals surface area contributed by atoms with E-state index in [9.17, 15) is 9.59 Å². The molecule has 1 saturated heterocycles. The third kappa shape index (κ3) is 7.38. The van der Waals surface area contributed by atoms with E-state index in [-0.39, 0.29) is 30.5 Å². The molecule has 0 saturated carbocycles. The van der Waals surface area contributed by atoms with E-state index >= 15 is 0 Å². The van der Waals surface area contributed by atoms with Gasteiger partial charge in [-0.05, 0) is 49.7 Å². The molecule has 0 aliphatic carbocycles. The Hall–Kier alpha value is -1.69. The molecule has 2 atom stereocenters. The second-order valence-electron chi connectivity index (χ2n) is 8.56. The number of rotatable bonds is 6. The summed E-state index contributed by atoms with van der Waals surface area (Å²) < 4.78 is 11.1. The van der Waals surface area contributed by atoms with E-state index in [0.29, 0.717) is 24.8 Å². The number of nitrogens with zero attached hydrogens (tertiary/aromatic N) is 1. The molecule has 0 radical (unpaired) electrons. The molecular formula is C22H33NO4S. The number of hydrogen-bond acceptors (Lipinski definition) is 5. The third-order valence-electron chi connectivity index (χ3n) is 4.56. The Balaban J connectivity index is 1.99. The highest BCUT2D eigenvalue weighted by Gasteiger charge is 2.38. The van der Waals surface area contributed by atoms with Crippen molar-refractivity contribution >= 4 is 23.8 Å². The van der Waals surface area contributed by atoms with Gasteiger partial charge in [0, 0.05) is 13.1 Å². The smallest absolute Gasteiger partial charge is 0.410 e. The minimum Gasteiger partial charge on any atom is -0.461 e. The van der Waals surface area contributed by atoms with Gasteiger partial charge in [-0.15, -0.1) is 0 Å². The molecule has 0 aromatic heterocycles. The van der Waals surface area contributed by atoms with E-state index in [1.807, 2.05) is 62.9 Å². The molecule has 6 heteroatoms. The van der Waals surface area contributed by atoms with Crippen LogP contribution in [0.5, 0.6) is 0 Å². The van der Waals surface area contributed by atoms with Gasteiger partial charge >= 0.3 is 12.1 Å². The number of piperidine rings is 1. The Labute approximate surface area is 173 Å². The number of ether oxygens (including phenoxy) is 2. The van der Waals surface area contributed by atoms with E-state index < -0.39 is 5.60 Å². The van der Waals surface area contributed by atoms with Gasteiger partial charge < -0.3 is 14.4 Å². The molecule has 1 aliphatic rings. The molecule has 2 rings (SSSR count). The molecule has 28 heavy (non-hydrogen) atoms. The summed E-state index contributed by atoms with van der Waals surface area (Å²) in [6, 6.07) is 9.71. The van der Waals surface area contributed by atoms with Gasteiger partial charge in [0.2, 0.25) is 0 Å². The van der Waals surface area contributed by atoms with Crippen molar-refractivity contribution in [2.24, 2.45) is 11.8 Å². The molecule has 0 unspecified atom stereocenters. The molecule has 1 heterocycles. The van der Waals surface area contributed by atoms with Crippen molar-refractivity contribution in [1.82, 2.24) is 4.90 Å². The van der Waals surface area contributed by atoms with Crippen LogP contribution in [0, 0.1) is 11.8 Å². The number of carbonyl (C=O) groups is 2. The number of carbonyl (C=O) groups excluding carboxylic acids is 2. The van der Waals surface area contributed by atoms with Gasteiger partial charge in [0.25, 0.3) is 0 Å². The van der Waals surface area contributed by atoms with Gasteiger partial charge in [-0.25, -0.2) is 4.79 Å². The molecule has 0 spiro atoms. The Morgan fingerprint density at radius 1 is 1.21 bits per heavy atom. The summed E-state index contributed by atoms with van der Waals surface area (Å²) in [7, 11) is 0. The number of likely N-dealkylation sites (tertiary alicyclic amines) is 1. The first-order valence-electron chi connectivity index (χ1n) is 9.96. The molecule has 0 bridgehead atoms. The predicted octanol–water partition coefficient (Wildman–Crippen LogP) is 4.74. The second kappa shape index (κ2) is 10.2. The zero-order valence-electron chi connectivity index (χ0n) is 17.6. The lowest BCUT2D eigenvalue weighted by atomic mass is 9.87. The molecule has 5 nitrogen and oxygen atoms in total. The average Bonchev–Trinajstić information content (AvgIpc) is 2.63. The first-order valence-corrected chi connectivity index (χ1v) is 11.0. The summed E-state index contributed by atoms with van der Waals surface area (Å²) in [5, 5.41) is 0.470. The average molecular weight is 408 g/mol. The van der Waals surface area contributed by atoms with E-state index in [1.54, 1.807) is 4.90 Å². The second-order valence-corrected chi connectivity index (χ2v) is 10.2. The summed E-state index contributed by atoms with van der Waals surface area (Å²) in [4.78, 5) is 27.0. The SMILES string of the molecule is CC(C)SC[C@H]1CN(C(=O)OC(C)(C)C)CC[C@@H]1C(=O)OCc1ccccc1. The minimum atomic E-state index is -0.523. The molecule has 156 valence electrons. The van der Waals surface area contributed by atoms with Crippen LogP contribution in [0.3, 0.4) is 0 Å². The van der Waals surface area contributed by atoms with Crippen LogP contribution >= 0.6 is 11.8 Å². The minimum absolute atomic E-state index is 0.0666. The maximum absolute atomic E-state index is 12.8. The largest absolute Gasteiger partial charge is 0.461 e. The fourth-order valence-electron chi connectivity index (χ4n) is 3.16. The molecule has 1 aliphatic heterocycles. The van der Waals surface area contributed by atoms with E-state index in [1.165, 1.54) is 0 Å². The molecule has 0 N–H and O–H groups in total. The van der Waals surface area contributed by atoms with Crippen LogP contribution in [0.4, 0.5) is 4.79 Å². The molecule has 1 fully saturated rings. The van der Waals surface area contributed by atoms with Crippen LogP contribution in [0.15, 0.2) is 30.3 Å². The number of amides is 1. The van der Waals surface area contributed by atoms with Crippen molar-refractivity contribution in [3.05, 3.63) is 35.9 Å². The highest BCUT2D eigenvalue weighted by atomic mass is 32.2. The lowest BCUT2D eigenvalue weighted by Gasteiger charge is -2.38. The van der Waals surface area contributed by atoms with E-state index in [2.05, 4.69) is 13.8 Å². The summed E-state index contributed by atoms with van der Waals surface area (Å²) in [5.41, 5.74) is 0.459. The number of esters is 1. The molecule has 1 aromatic carbocycles. The van der Waals surface area contributed by atoms with Gasteiger partial charge in [-0.2, -0.15) is 11.8 Å². The zero-order valence-corrected chi connectivity index (χ0v) is 18.5. The molecule has 1 aromatic rings. The van der Waals surface area contributed by atoms with Gasteiger partial charge in [0.15, 0.2) is 0 Å². The Kier molecular flexibility index (Phi) is 8.23. The first kappa shape index (κ1) is 22.6. The van der Waals surface area contributed by atoms with Crippen LogP contribution in [0.25, 0.3) is 0 Å². The highest BCUT2D eigenvalue weighted by Crippen LogP contribution is 2.30. The van der Waals surface area contributed by atoms with Crippen molar-refractivity contribution in [2.45, 2.75) is 58.5 Å². The Morgan fingerprint density at radius 2 is 1.89 bits per heavy atom. The van der Waals surface area contributed by atoms with Crippen LogP contribution < -0.4 is 0 Å². The van der Waals surface area contributed by atoms with Crippen LogP contribution in [0.2, 0.25) is 0 Å². The first-order chi connectivity index (χ1) is 13.2. The maximum atomic E-state index is 12.8. The van der Waals surface area contributed by atoms with Gasteiger partial charge in [0.05, 0.1) is 5.92 Å². The predicted molar refractivity (Wildman–Crippen MR) is 113 cm³/mol. The fourth-order valence-corrected chi connectivity index (χ4v) is 4.13. The Morgan fingerprint density at radius 3 is 2.50 bits per heavy atom. The normalized spacial score (nSPS) is 20.1. The van der Waals surface area contributed by atoms with E-state index in [0.717, 1.165) is 11.3 Å². The Bertz CT molecular complexity index is 642. The van der Waals surface area contributed by atoms with Crippen molar-refractivity contribution in [2.75, 3.05) is 18.8 Å². The molecule has 1 amide bonds. The highest BCUT2D eigenvalue weighted by molar-refractivity contribution is 7.99. The topological polar surface area (TPSA) is 55.8 Å². The summed E-state index contributed by atoms with van der Waals surface area (Å²) in [6.07, 6.45) is 0.305. The quantitative estimate of drug-likeness (QED) is 0.637. The number of thioether (sulfide) groups is 1. The van der Waals surface area contributed by atoms with Crippen molar-refractivity contribution in [3.8, 4) is 0 Å². The number of benzene rings is 1. The zero-order chi connectivity index (χ0) is 20.7. The number of hydrogen-bond donors (Lipinski definition) is 0. The van der Waals surface area contributed by atoms with E-state index in [4.69, 9.17) is 9.47 Å². The van der Waals surface area contributed by atoms with Crippen molar-refractivity contribution in [1.29, 1.82) is 0 Å². The van der Waals surface area contributed by atoms with Crippen LogP contribution in [-0.4, -0.2) is 46.7 Å². The van der Waals surface area contributed by atoms with Crippen molar-refractivity contribution < 1.29 is 19.1 Å². The fraction of sp³-hybridized carbons (Fsp3) is 0.636. The van der Waals surface area contributed by atoms with Gasteiger partial charge in [-0.3, -0.25) is 4.79 Å². The van der Waals surface area contributed by atoms with Crippen LogP contribution in [-0.2, 0) is 20.9 Å². The summed E-state index contributed by atoms with van der Waals surface area (Å²) in [5.74, 6) is 0.537. The van der Waals surface area contributed by atoms with Crippen LogP contribution in [0.1, 0.15) is 46.6 Å². The molecular weight excluding hydrogens is 374 g/mol. The lowest BCUT2D eigenvalue weighted by Crippen LogP contribution is -2.48. The summed E-state index contributed by atoms with van der Waals surface area (Å²) in [6.45, 7) is 11.2. The maximum Gasteiger partial charge on any atom is 0.410 e.